The summed E-state index contributed by atoms with van der Waals surface area (Å²) in [4.78, 5) is 1.47. The minimum Gasteiger partial charge on any atom is -0.317 e. The van der Waals surface area contributed by atoms with E-state index in [4.69, 9.17) is 0 Å². The number of aryl methyl sites for hydroxylation is 1. The van der Waals surface area contributed by atoms with Gasteiger partial charge >= 0.3 is 0 Å². The van der Waals surface area contributed by atoms with Gasteiger partial charge in [0.1, 0.15) is 0 Å². The molecule has 1 N–H and O–H groups in total. The van der Waals surface area contributed by atoms with Crippen LogP contribution in [0.3, 0.4) is 0 Å². The number of benzene rings is 1. The van der Waals surface area contributed by atoms with Crippen molar-refractivity contribution in [2.45, 2.75) is 26.3 Å². The van der Waals surface area contributed by atoms with Crippen LogP contribution in [-0.2, 0) is 6.42 Å². The van der Waals surface area contributed by atoms with Crippen molar-refractivity contribution in [3.05, 3.63) is 34.7 Å². The molecule has 0 spiro atoms. The summed E-state index contributed by atoms with van der Waals surface area (Å²) >= 11 is 1.91. The van der Waals surface area contributed by atoms with Crippen molar-refractivity contribution in [2.75, 3.05) is 7.05 Å². The van der Waals surface area contributed by atoms with E-state index in [-0.39, 0.29) is 0 Å². The lowest BCUT2D eigenvalue weighted by atomic mass is 10.1. The molecule has 1 aromatic heterocycles. The molecule has 1 nitrogen and oxygen atoms in total. The summed E-state index contributed by atoms with van der Waals surface area (Å²) in [5, 5.41) is 4.66. The van der Waals surface area contributed by atoms with Gasteiger partial charge in [0.05, 0.1) is 0 Å². The van der Waals surface area contributed by atoms with Gasteiger partial charge in [-0.15, -0.1) is 11.3 Å². The summed E-state index contributed by atoms with van der Waals surface area (Å²) in [6.45, 7) is 4.36. The van der Waals surface area contributed by atoms with Crippen molar-refractivity contribution >= 4 is 21.4 Å². The Morgan fingerprint density at radius 2 is 2.13 bits per heavy atom. The fourth-order valence-corrected chi connectivity index (χ4v) is 2.90. The molecule has 0 fully saturated rings. The highest BCUT2D eigenvalue weighted by Gasteiger charge is 2.05. The first-order chi connectivity index (χ1) is 7.19. The van der Waals surface area contributed by atoms with Crippen LogP contribution >= 0.6 is 11.3 Å². The van der Waals surface area contributed by atoms with Gasteiger partial charge in [-0.05, 0) is 44.8 Å². The summed E-state index contributed by atoms with van der Waals surface area (Å²) < 4.78 is 1.40. The topological polar surface area (TPSA) is 12.0 Å². The van der Waals surface area contributed by atoms with E-state index in [9.17, 15) is 0 Å². The molecule has 0 saturated heterocycles. The van der Waals surface area contributed by atoms with Crippen molar-refractivity contribution in [3.8, 4) is 0 Å². The van der Waals surface area contributed by atoms with Crippen LogP contribution in [0.5, 0.6) is 0 Å². The standard InChI is InChI=1S/C13H17NS/c1-9-4-5-13-11(6-9)8-12(15-13)7-10(2)14-3/h4-6,8,10,14H,7H2,1-3H3. The Labute approximate surface area is 95.1 Å². The van der Waals surface area contributed by atoms with Crippen molar-refractivity contribution in [1.29, 1.82) is 0 Å². The Hall–Kier alpha value is -0.860. The van der Waals surface area contributed by atoms with Crippen LogP contribution in [0.25, 0.3) is 10.1 Å². The lowest BCUT2D eigenvalue weighted by Gasteiger charge is -2.06. The maximum absolute atomic E-state index is 3.28. The van der Waals surface area contributed by atoms with Gasteiger partial charge in [-0.3, -0.25) is 0 Å². The molecule has 2 heteroatoms. The lowest BCUT2D eigenvalue weighted by Crippen LogP contribution is -2.22. The number of fused-ring (bicyclic) bond motifs is 1. The average Bonchev–Trinajstić information content (AvgIpc) is 2.59. The van der Waals surface area contributed by atoms with Gasteiger partial charge in [0.25, 0.3) is 0 Å². The van der Waals surface area contributed by atoms with Gasteiger partial charge in [0.15, 0.2) is 0 Å². The molecule has 1 unspecified atom stereocenters. The molecule has 0 bridgehead atoms. The maximum atomic E-state index is 3.28. The Kier molecular flexibility index (Phi) is 3.08. The van der Waals surface area contributed by atoms with Crippen LogP contribution < -0.4 is 5.32 Å². The lowest BCUT2D eigenvalue weighted by molar-refractivity contribution is 0.613. The van der Waals surface area contributed by atoms with Crippen LogP contribution in [0.2, 0.25) is 0 Å². The molecule has 1 heterocycles. The van der Waals surface area contributed by atoms with Crippen LogP contribution in [0, 0.1) is 6.92 Å². The second-order valence-corrected chi connectivity index (χ2v) is 5.32. The van der Waals surface area contributed by atoms with E-state index in [1.807, 2.05) is 18.4 Å². The minimum atomic E-state index is 0.555. The summed E-state index contributed by atoms with van der Waals surface area (Å²) in [5.41, 5.74) is 1.34. The number of likely N-dealkylation sites (N-methyl/N-ethyl adjacent to an activating group) is 1. The van der Waals surface area contributed by atoms with E-state index < -0.39 is 0 Å². The van der Waals surface area contributed by atoms with Crippen molar-refractivity contribution in [3.63, 3.8) is 0 Å². The summed E-state index contributed by atoms with van der Waals surface area (Å²) in [6, 6.07) is 9.55. The van der Waals surface area contributed by atoms with E-state index >= 15 is 0 Å². The fourth-order valence-electron chi connectivity index (χ4n) is 1.72. The van der Waals surface area contributed by atoms with Gasteiger partial charge in [0.2, 0.25) is 0 Å². The zero-order valence-electron chi connectivity index (χ0n) is 9.50. The van der Waals surface area contributed by atoms with Crippen molar-refractivity contribution in [2.24, 2.45) is 0 Å². The molecular formula is C13H17NS. The molecule has 15 heavy (non-hydrogen) atoms. The highest BCUT2D eigenvalue weighted by atomic mass is 32.1. The van der Waals surface area contributed by atoms with Crippen LogP contribution in [0.1, 0.15) is 17.4 Å². The zero-order chi connectivity index (χ0) is 10.8. The average molecular weight is 219 g/mol. The first kappa shape index (κ1) is 10.7. The summed E-state index contributed by atoms with van der Waals surface area (Å²) in [5.74, 6) is 0. The zero-order valence-corrected chi connectivity index (χ0v) is 10.3. The monoisotopic (exact) mass is 219 g/mol. The molecule has 0 aliphatic heterocycles. The Bertz CT molecular complexity index is 459. The predicted molar refractivity (Wildman–Crippen MR) is 68.8 cm³/mol. The van der Waals surface area contributed by atoms with Gasteiger partial charge in [0, 0.05) is 15.6 Å². The Balaban J connectivity index is 2.30. The smallest absolute Gasteiger partial charge is 0.0345 e. The molecule has 0 radical (unpaired) electrons. The van der Waals surface area contributed by atoms with Gasteiger partial charge < -0.3 is 5.32 Å². The largest absolute Gasteiger partial charge is 0.317 e. The molecule has 0 saturated carbocycles. The van der Waals surface area contributed by atoms with E-state index in [0.717, 1.165) is 6.42 Å². The molecule has 0 aliphatic rings. The molecule has 1 atom stereocenters. The number of hydrogen-bond donors (Lipinski definition) is 1. The number of rotatable bonds is 3. The second kappa shape index (κ2) is 4.33. The quantitative estimate of drug-likeness (QED) is 0.834. The second-order valence-electron chi connectivity index (χ2n) is 4.15. The van der Waals surface area contributed by atoms with E-state index in [1.165, 1.54) is 20.5 Å². The first-order valence-electron chi connectivity index (χ1n) is 5.35. The number of nitrogens with one attached hydrogen (secondary N) is 1. The van der Waals surface area contributed by atoms with E-state index in [1.54, 1.807) is 0 Å². The molecule has 80 valence electrons. The normalized spacial score (nSPS) is 13.3. The first-order valence-corrected chi connectivity index (χ1v) is 6.17. The maximum Gasteiger partial charge on any atom is 0.0345 e. The summed E-state index contributed by atoms with van der Waals surface area (Å²) in [6.07, 6.45) is 1.12. The van der Waals surface area contributed by atoms with E-state index in [2.05, 4.69) is 43.4 Å². The molecule has 2 aromatic rings. The van der Waals surface area contributed by atoms with Crippen LogP contribution in [-0.4, -0.2) is 13.1 Å². The minimum absolute atomic E-state index is 0.555. The van der Waals surface area contributed by atoms with Crippen LogP contribution in [0.15, 0.2) is 24.3 Å². The molecule has 2 rings (SSSR count). The third-order valence-electron chi connectivity index (χ3n) is 2.72. The molecular weight excluding hydrogens is 202 g/mol. The van der Waals surface area contributed by atoms with Gasteiger partial charge in [-0.1, -0.05) is 17.7 Å². The highest BCUT2D eigenvalue weighted by Crippen LogP contribution is 2.27. The van der Waals surface area contributed by atoms with Gasteiger partial charge in [-0.25, -0.2) is 0 Å². The third-order valence-corrected chi connectivity index (χ3v) is 3.86. The van der Waals surface area contributed by atoms with Gasteiger partial charge in [-0.2, -0.15) is 0 Å². The fraction of sp³-hybridized carbons (Fsp3) is 0.385. The van der Waals surface area contributed by atoms with E-state index in [0.29, 0.717) is 6.04 Å². The van der Waals surface area contributed by atoms with Crippen molar-refractivity contribution in [1.82, 2.24) is 5.32 Å². The highest BCUT2D eigenvalue weighted by molar-refractivity contribution is 7.19. The Morgan fingerprint density at radius 3 is 2.87 bits per heavy atom. The summed E-state index contributed by atoms with van der Waals surface area (Å²) in [7, 11) is 2.02. The molecule has 1 aromatic carbocycles. The molecule has 0 aliphatic carbocycles. The third kappa shape index (κ3) is 2.39. The predicted octanol–water partition coefficient (Wildman–Crippen LogP) is 3.36. The van der Waals surface area contributed by atoms with Crippen molar-refractivity contribution < 1.29 is 0 Å². The molecule has 0 amide bonds. The number of hydrogen-bond acceptors (Lipinski definition) is 2. The van der Waals surface area contributed by atoms with Crippen LogP contribution in [0.4, 0.5) is 0 Å². The number of thiophene rings is 1. The Morgan fingerprint density at radius 1 is 1.33 bits per heavy atom. The SMILES string of the molecule is CNC(C)Cc1cc2cc(C)ccc2s1.